The van der Waals surface area contributed by atoms with Gasteiger partial charge in [0.1, 0.15) is 41.7 Å². The van der Waals surface area contributed by atoms with Gasteiger partial charge >= 0.3 is 0 Å². The van der Waals surface area contributed by atoms with Gasteiger partial charge in [-0.3, -0.25) is 14.4 Å². The molecule has 1 unspecified atom stereocenters. The molecular weight excluding hydrogens is 398 g/mol. The lowest BCUT2D eigenvalue weighted by Crippen LogP contribution is -2.33. The fourth-order valence-corrected chi connectivity index (χ4v) is 3.52. The molecule has 1 N–H and O–H groups in total. The molecule has 4 heterocycles. The molecule has 0 aliphatic carbocycles. The molecule has 9 nitrogen and oxygen atoms in total. The number of aryl methyl sites for hydroxylation is 1. The number of hydrogen-bond donors (Lipinski definition) is 1. The number of hydrogen-bond acceptors (Lipinski definition) is 8. The Balaban J connectivity index is 1.48. The molecular formula is C22H21N5O4. The highest BCUT2D eigenvalue weighted by molar-refractivity contribution is 5.97. The van der Waals surface area contributed by atoms with Crippen molar-refractivity contribution < 1.29 is 18.7 Å². The highest BCUT2D eigenvalue weighted by Gasteiger charge is 2.23. The number of aromatic nitrogens is 3. The Hall–Kier alpha value is -3.85. The van der Waals surface area contributed by atoms with Crippen LogP contribution < -0.4 is 15.0 Å². The van der Waals surface area contributed by atoms with Gasteiger partial charge in [-0.05, 0) is 30.7 Å². The maximum atomic E-state index is 6.08. The van der Waals surface area contributed by atoms with E-state index < -0.39 is 0 Å². The highest BCUT2D eigenvalue weighted by atomic mass is 16.6. The number of amidine groups is 1. The van der Waals surface area contributed by atoms with Gasteiger partial charge in [0, 0.05) is 5.39 Å². The van der Waals surface area contributed by atoms with Crippen molar-refractivity contribution in [2.24, 2.45) is 4.99 Å². The van der Waals surface area contributed by atoms with Gasteiger partial charge in [0.25, 0.3) is 0 Å². The number of furan rings is 1. The first-order chi connectivity index (χ1) is 15.2. The van der Waals surface area contributed by atoms with Crippen molar-refractivity contribution in [2.45, 2.75) is 13.0 Å². The summed E-state index contributed by atoms with van der Waals surface area (Å²) >= 11 is 0. The van der Waals surface area contributed by atoms with Crippen LogP contribution in [0.3, 0.4) is 0 Å². The van der Waals surface area contributed by atoms with E-state index in [0.717, 1.165) is 28.0 Å². The first-order valence-corrected chi connectivity index (χ1v) is 9.74. The molecule has 1 aromatic carbocycles. The van der Waals surface area contributed by atoms with Crippen LogP contribution >= 0.6 is 0 Å². The van der Waals surface area contributed by atoms with E-state index in [0.29, 0.717) is 29.9 Å². The Morgan fingerprint density at radius 1 is 1.16 bits per heavy atom. The second-order valence-electron chi connectivity index (χ2n) is 7.10. The number of hydroxylamine groups is 1. The smallest absolute Gasteiger partial charge is 0.238 e. The Labute approximate surface area is 178 Å². The number of ether oxygens (including phenoxy) is 2. The summed E-state index contributed by atoms with van der Waals surface area (Å²) < 4.78 is 18.5. The van der Waals surface area contributed by atoms with Crippen molar-refractivity contribution >= 4 is 16.8 Å². The lowest BCUT2D eigenvalue weighted by Gasteiger charge is -2.20. The number of aliphatic imine (C=N–C) groups is 1. The zero-order valence-corrected chi connectivity index (χ0v) is 17.3. The predicted octanol–water partition coefficient (Wildman–Crippen LogP) is 3.36. The van der Waals surface area contributed by atoms with Crippen LogP contribution in [0.5, 0.6) is 11.8 Å². The summed E-state index contributed by atoms with van der Waals surface area (Å²) in [5, 5.41) is 1.05. The van der Waals surface area contributed by atoms with Crippen molar-refractivity contribution in [3.05, 3.63) is 65.9 Å². The molecule has 1 aliphatic heterocycles. The second-order valence-corrected chi connectivity index (χ2v) is 7.10. The van der Waals surface area contributed by atoms with Crippen LogP contribution in [-0.2, 0) is 4.84 Å². The van der Waals surface area contributed by atoms with Gasteiger partial charge < -0.3 is 13.9 Å². The summed E-state index contributed by atoms with van der Waals surface area (Å²) in [4.78, 5) is 19.1. The number of fused-ring (bicyclic) bond motifs is 1. The standard InChI is InChI=1S/C22H21N5O4/c1-13-5-4-6-14-9-18(31-20(13)14)16-11-30-26-21(24-16)15-7-8-17(22(25-15)29-3)27-10-19(28-2)23-12-27/h4-10,12,16H,11H2,1-3H3,(H,24,26). The van der Waals surface area contributed by atoms with Gasteiger partial charge in [0.05, 0.1) is 20.4 Å². The van der Waals surface area contributed by atoms with E-state index in [1.54, 1.807) is 31.3 Å². The average molecular weight is 419 g/mol. The molecule has 3 aromatic heterocycles. The van der Waals surface area contributed by atoms with Crippen LogP contribution in [0, 0.1) is 6.92 Å². The summed E-state index contributed by atoms with van der Waals surface area (Å²) in [6.07, 6.45) is 3.38. The van der Waals surface area contributed by atoms with Crippen molar-refractivity contribution in [3.63, 3.8) is 0 Å². The molecule has 1 atom stereocenters. The van der Waals surface area contributed by atoms with E-state index in [9.17, 15) is 0 Å². The molecule has 0 bridgehead atoms. The third kappa shape index (κ3) is 3.49. The van der Waals surface area contributed by atoms with E-state index in [1.165, 1.54) is 0 Å². The third-order valence-corrected chi connectivity index (χ3v) is 5.11. The van der Waals surface area contributed by atoms with Crippen LogP contribution in [0.15, 0.2) is 58.3 Å². The van der Waals surface area contributed by atoms with E-state index in [4.69, 9.17) is 23.7 Å². The number of para-hydroxylation sites is 1. The van der Waals surface area contributed by atoms with Gasteiger partial charge in [-0.2, -0.15) is 0 Å². The summed E-state index contributed by atoms with van der Waals surface area (Å²) in [5.74, 6) is 2.17. The van der Waals surface area contributed by atoms with Crippen LogP contribution in [-0.4, -0.2) is 41.2 Å². The largest absolute Gasteiger partial charge is 0.480 e. The lowest BCUT2D eigenvalue weighted by molar-refractivity contribution is 0.0580. The quantitative estimate of drug-likeness (QED) is 0.530. The number of nitrogens with one attached hydrogen (secondary N) is 1. The van der Waals surface area contributed by atoms with Crippen molar-refractivity contribution in [1.82, 2.24) is 20.0 Å². The number of imidazole rings is 1. The fourth-order valence-electron chi connectivity index (χ4n) is 3.52. The van der Waals surface area contributed by atoms with E-state index in [-0.39, 0.29) is 6.04 Å². The van der Waals surface area contributed by atoms with Gasteiger partial charge in [-0.1, -0.05) is 18.2 Å². The Morgan fingerprint density at radius 2 is 2.06 bits per heavy atom. The van der Waals surface area contributed by atoms with Crippen molar-refractivity contribution in [3.8, 4) is 17.4 Å². The summed E-state index contributed by atoms with van der Waals surface area (Å²) in [5.41, 5.74) is 6.12. The molecule has 0 saturated heterocycles. The number of nitrogens with zero attached hydrogens (tertiary/aromatic N) is 4. The second kappa shape index (κ2) is 7.77. The number of pyridine rings is 1. The van der Waals surface area contributed by atoms with Crippen molar-refractivity contribution in [2.75, 3.05) is 20.8 Å². The Kier molecular flexibility index (Phi) is 4.79. The molecule has 1 aliphatic rings. The number of methoxy groups -OCH3 is 2. The SMILES string of the molecule is COc1cn(-c2ccc(C3=NC(c4cc5cccc(C)c5o4)CON3)nc2OC)cn1. The number of rotatable bonds is 5. The maximum Gasteiger partial charge on any atom is 0.238 e. The normalized spacial score (nSPS) is 16.1. The number of benzene rings is 1. The molecule has 0 radical (unpaired) electrons. The average Bonchev–Trinajstić information content (AvgIpc) is 3.47. The monoisotopic (exact) mass is 419 g/mol. The summed E-state index contributed by atoms with van der Waals surface area (Å²) in [6.45, 7) is 2.38. The first kappa shape index (κ1) is 19.1. The molecule has 0 amide bonds. The highest BCUT2D eigenvalue weighted by Crippen LogP contribution is 2.30. The van der Waals surface area contributed by atoms with Gasteiger partial charge in [-0.15, -0.1) is 0 Å². The van der Waals surface area contributed by atoms with Gasteiger partial charge in [0.15, 0.2) is 5.84 Å². The van der Waals surface area contributed by atoms with Crippen LogP contribution in [0.25, 0.3) is 16.7 Å². The van der Waals surface area contributed by atoms with E-state index in [1.807, 2.05) is 43.3 Å². The molecule has 9 heteroatoms. The molecule has 0 fully saturated rings. The summed E-state index contributed by atoms with van der Waals surface area (Å²) in [6, 6.07) is 11.5. The van der Waals surface area contributed by atoms with Crippen molar-refractivity contribution in [1.29, 1.82) is 0 Å². The zero-order valence-electron chi connectivity index (χ0n) is 17.3. The minimum Gasteiger partial charge on any atom is -0.480 e. The van der Waals surface area contributed by atoms with Crippen LogP contribution in [0.4, 0.5) is 0 Å². The topological polar surface area (TPSA) is 95.9 Å². The molecule has 31 heavy (non-hydrogen) atoms. The molecule has 4 aromatic rings. The molecule has 158 valence electrons. The minimum absolute atomic E-state index is 0.284. The van der Waals surface area contributed by atoms with E-state index in [2.05, 4.69) is 15.4 Å². The zero-order chi connectivity index (χ0) is 21.4. The van der Waals surface area contributed by atoms with Crippen LogP contribution in [0.2, 0.25) is 0 Å². The Morgan fingerprint density at radius 3 is 2.84 bits per heavy atom. The van der Waals surface area contributed by atoms with Crippen LogP contribution in [0.1, 0.15) is 23.1 Å². The fraction of sp³-hybridized carbons (Fsp3) is 0.227. The molecule has 0 spiro atoms. The summed E-state index contributed by atoms with van der Waals surface area (Å²) in [7, 11) is 3.13. The lowest BCUT2D eigenvalue weighted by atomic mass is 10.1. The first-order valence-electron chi connectivity index (χ1n) is 9.74. The predicted molar refractivity (Wildman–Crippen MR) is 114 cm³/mol. The van der Waals surface area contributed by atoms with Gasteiger partial charge in [-0.25, -0.2) is 15.4 Å². The minimum atomic E-state index is -0.284. The molecule has 0 saturated carbocycles. The Bertz CT molecular complexity index is 1280. The van der Waals surface area contributed by atoms with Gasteiger partial charge in [0.2, 0.25) is 11.8 Å². The third-order valence-electron chi connectivity index (χ3n) is 5.11. The molecule has 5 rings (SSSR count). The maximum absolute atomic E-state index is 6.08. The van der Waals surface area contributed by atoms with E-state index >= 15 is 0 Å².